The van der Waals surface area contributed by atoms with Crippen LogP contribution in [0.25, 0.3) is 10.3 Å². The lowest BCUT2D eigenvalue weighted by Gasteiger charge is -2.21. The first-order valence-corrected chi connectivity index (χ1v) is 11.0. The van der Waals surface area contributed by atoms with Crippen LogP contribution in [0.4, 0.5) is 22.1 Å². The highest BCUT2D eigenvalue weighted by atomic mass is 32.1. The van der Waals surface area contributed by atoms with E-state index in [0.717, 1.165) is 47.5 Å². The molecular weight excluding hydrogens is 408 g/mol. The Morgan fingerprint density at radius 2 is 1.68 bits per heavy atom. The molecule has 156 valence electrons. The van der Waals surface area contributed by atoms with E-state index in [9.17, 15) is 0 Å². The van der Waals surface area contributed by atoms with Gasteiger partial charge in [0.15, 0.2) is 5.58 Å². The molecule has 0 aliphatic carbocycles. The lowest BCUT2D eigenvalue weighted by atomic mass is 10.2. The van der Waals surface area contributed by atoms with Crippen LogP contribution in [0, 0.1) is 0 Å². The molecule has 0 amide bonds. The van der Waals surface area contributed by atoms with Gasteiger partial charge in [0.05, 0.1) is 24.3 Å². The zero-order valence-corrected chi connectivity index (χ0v) is 18.2. The van der Waals surface area contributed by atoms with Crippen LogP contribution in [0.1, 0.15) is 0 Å². The summed E-state index contributed by atoms with van der Waals surface area (Å²) in [4.78, 5) is 8.87. The molecule has 6 rings (SSSR count). The second-order valence-corrected chi connectivity index (χ2v) is 8.93. The van der Waals surface area contributed by atoms with Crippen LogP contribution in [0.5, 0.6) is 11.5 Å². The summed E-state index contributed by atoms with van der Waals surface area (Å²) >= 11 is 1.77. The zero-order valence-electron chi connectivity index (χ0n) is 17.4. The zero-order chi connectivity index (χ0) is 20.9. The van der Waals surface area contributed by atoms with Gasteiger partial charge < -0.3 is 28.8 Å². The number of nitrogens with zero attached hydrogens (tertiary/aromatic N) is 4. The van der Waals surface area contributed by atoms with Crippen LogP contribution in [0.15, 0.2) is 77.7 Å². The quantitative estimate of drug-likeness (QED) is 0.394. The Morgan fingerprint density at radius 1 is 0.903 bits per heavy atom. The van der Waals surface area contributed by atoms with Crippen LogP contribution in [-0.2, 0) is 0 Å². The number of furan rings is 1. The number of thiophene rings is 1. The first-order valence-electron chi connectivity index (χ1n) is 10.2. The molecule has 6 nitrogen and oxygen atoms in total. The highest BCUT2D eigenvalue weighted by Gasteiger charge is 2.31. The Balaban J connectivity index is 1.29. The SMILES string of the molecule is CN1C=CN(c2cccc(Oc3cccc(N4CN(C)c5sc6ccoc6c54)c3)c2)C1. The highest BCUT2D eigenvalue weighted by Crippen LogP contribution is 2.51. The summed E-state index contributed by atoms with van der Waals surface area (Å²) in [6.07, 6.45) is 5.91. The fraction of sp³-hybridized carbons (Fsp3) is 0.167. The van der Waals surface area contributed by atoms with E-state index < -0.39 is 0 Å². The van der Waals surface area contributed by atoms with Gasteiger partial charge in [0.1, 0.15) is 22.2 Å². The molecule has 0 fully saturated rings. The largest absolute Gasteiger partial charge is 0.461 e. The molecule has 0 atom stereocenters. The number of rotatable bonds is 4. The normalized spacial score (nSPS) is 15.4. The molecule has 2 aliphatic heterocycles. The maximum absolute atomic E-state index is 6.25. The van der Waals surface area contributed by atoms with Gasteiger partial charge in [0, 0.05) is 50.0 Å². The number of fused-ring (bicyclic) bond motifs is 3. The van der Waals surface area contributed by atoms with E-state index in [0.29, 0.717) is 0 Å². The average Bonchev–Trinajstić information content (AvgIpc) is 3.52. The van der Waals surface area contributed by atoms with Gasteiger partial charge in [-0.2, -0.15) is 0 Å². The van der Waals surface area contributed by atoms with Crippen molar-refractivity contribution in [2.45, 2.75) is 0 Å². The smallest absolute Gasteiger partial charge is 0.170 e. The summed E-state index contributed by atoms with van der Waals surface area (Å²) in [5, 5.41) is 1.23. The van der Waals surface area contributed by atoms with Gasteiger partial charge in [-0.25, -0.2) is 0 Å². The summed E-state index contributed by atoms with van der Waals surface area (Å²) in [5.41, 5.74) is 4.28. The fourth-order valence-electron chi connectivity index (χ4n) is 4.13. The van der Waals surface area contributed by atoms with Gasteiger partial charge in [-0.3, -0.25) is 0 Å². The van der Waals surface area contributed by atoms with Crippen LogP contribution in [0.3, 0.4) is 0 Å². The van der Waals surface area contributed by atoms with Gasteiger partial charge in [-0.05, 0) is 30.3 Å². The molecule has 2 aromatic carbocycles. The van der Waals surface area contributed by atoms with E-state index in [1.54, 1.807) is 17.6 Å². The molecule has 0 saturated carbocycles. The second-order valence-electron chi connectivity index (χ2n) is 7.90. The Bertz CT molecular complexity index is 1290. The summed E-state index contributed by atoms with van der Waals surface area (Å²) in [6.45, 7) is 1.62. The summed E-state index contributed by atoms with van der Waals surface area (Å²) < 4.78 is 13.2. The van der Waals surface area contributed by atoms with Crippen molar-refractivity contribution in [3.05, 3.63) is 73.3 Å². The Labute approximate surface area is 184 Å². The molecular formula is C24H22N4O2S. The van der Waals surface area contributed by atoms with Crippen molar-refractivity contribution in [3.63, 3.8) is 0 Å². The van der Waals surface area contributed by atoms with E-state index in [-0.39, 0.29) is 0 Å². The van der Waals surface area contributed by atoms with E-state index in [2.05, 4.69) is 70.4 Å². The second kappa shape index (κ2) is 6.99. The third-order valence-electron chi connectivity index (χ3n) is 5.61. The lowest BCUT2D eigenvalue weighted by Crippen LogP contribution is -2.24. The van der Waals surface area contributed by atoms with E-state index in [1.807, 2.05) is 30.3 Å². The molecule has 2 aliphatic rings. The van der Waals surface area contributed by atoms with Crippen molar-refractivity contribution in [3.8, 4) is 11.5 Å². The molecule has 0 N–H and O–H groups in total. The topological polar surface area (TPSA) is 35.3 Å². The summed E-state index contributed by atoms with van der Waals surface area (Å²) in [5.74, 6) is 1.63. The minimum atomic E-state index is 0.783. The summed E-state index contributed by atoms with van der Waals surface area (Å²) in [7, 11) is 4.18. The van der Waals surface area contributed by atoms with Crippen LogP contribution in [0.2, 0.25) is 0 Å². The minimum Gasteiger partial charge on any atom is -0.461 e. The van der Waals surface area contributed by atoms with Crippen molar-refractivity contribution < 1.29 is 9.15 Å². The number of hydrogen-bond acceptors (Lipinski definition) is 7. The monoisotopic (exact) mass is 430 g/mol. The predicted molar refractivity (Wildman–Crippen MR) is 127 cm³/mol. The van der Waals surface area contributed by atoms with Crippen molar-refractivity contribution in [1.29, 1.82) is 0 Å². The Hall–Kier alpha value is -3.58. The van der Waals surface area contributed by atoms with Gasteiger partial charge in [0.2, 0.25) is 0 Å². The fourth-order valence-corrected chi connectivity index (χ4v) is 5.21. The standard InChI is InChI=1S/C24H22N4O2S/c1-25-10-11-27(15-25)17-5-3-7-19(13-17)30-20-8-4-6-18(14-20)28-16-26(2)24-22(28)23-21(31-24)9-12-29-23/h3-14H,15-16H2,1-2H3. The first-order chi connectivity index (χ1) is 15.2. The number of hydrogen-bond donors (Lipinski definition) is 0. The molecule has 0 spiro atoms. The highest BCUT2D eigenvalue weighted by molar-refractivity contribution is 7.23. The van der Waals surface area contributed by atoms with Crippen molar-refractivity contribution in [2.24, 2.45) is 0 Å². The van der Waals surface area contributed by atoms with Gasteiger partial charge >= 0.3 is 0 Å². The van der Waals surface area contributed by atoms with E-state index >= 15 is 0 Å². The molecule has 0 unspecified atom stereocenters. The predicted octanol–water partition coefficient (Wildman–Crippen LogP) is 6.01. The molecule has 0 saturated heterocycles. The maximum Gasteiger partial charge on any atom is 0.170 e. The Morgan fingerprint density at radius 3 is 2.45 bits per heavy atom. The summed E-state index contributed by atoms with van der Waals surface area (Å²) in [6, 6.07) is 18.5. The molecule has 4 aromatic rings. The Kier molecular flexibility index (Phi) is 4.11. The molecule has 7 heteroatoms. The molecule has 31 heavy (non-hydrogen) atoms. The third-order valence-corrected chi connectivity index (χ3v) is 6.85. The third kappa shape index (κ3) is 3.09. The molecule has 0 bridgehead atoms. The number of anilines is 4. The van der Waals surface area contributed by atoms with E-state index in [1.165, 1.54) is 9.70 Å². The number of ether oxygens (including phenoxy) is 1. The lowest BCUT2D eigenvalue weighted by molar-refractivity contribution is 0.481. The average molecular weight is 431 g/mol. The van der Waals surface area contributed by atoms with Crippen LogP contribution >= 0.6 is 11.3 Å². The van der Waals surface area contributed by atoms with Gasteiger partial charge in [-0.1, -0.05) is 12.1 Å². The first kappa shape index (κ1) is 18.2. The van der Waals surface area contributed by atoms with Crippen LogP contribution < -0.4 is 19.4 Å². The van der Waals surface area contributed by atoms with Crippen molar-refractivity contribution in [1.82, 2.24) is 4.90 Å². The van der Waals surface area contributed by atoms with Crippen molar-refractivity contribution in [2.75, 3.05) is 42.1 Å². The molecule has 0 radical (unpaired) electrons. The maximum atomic E-state index is 6.25. The van der Waals surface area contributed by atoms with E-state index in [4.69, 9.17) is 9.15 Å². The van der Waals surface area contributed by atoms with Gasteiger partial charge in [-0.15, -0.1) is 11.3 Å². The van der Waals surface area contributed by atoms with Crippen LogP contribution in [-0.4, -0.2) is 32.3 Å². The minimum absolute atomic E-state index is 0.783. The molecule has 4 heterocycles. The van der Waals surface area contributed by atoms with Gasteiger partial charge in [0.25, 0.3) is 0 Å². The number of benzene rings is 2. The molecule has 2 aromatic heterocycles. The van der Waals surface area contributed by atoms with Crippen molar-refractivity contribution >= 4 is 43.7 Å².